The van der Waals surface area contributed by atoms with Gasteiger partial charge in [0.05, 0.1) is 0 Å². The van der Waals surface area contributed by atoms with E-state index in [-0.39, 0.29) is 33.2 Å². The lowest BCUT2D eigenvalue weighted by Crippen LogP contribution is -2.47. The predicted molar refractivity (Wildman–Crippen MR) is 118 cm³/mol. The first kappa shape index (κ1) is 21.7. The topological polar surface area (TPSA) is 84.3 Å². The van der Waals surface area contributed by atoms with E-state index in [1.54, 1.807) is 23.7 Å². The van der Waals surface area contributed by atoms with E-state index in [9.17, 15) is 17.6 Å². The Morgan fingerprint density at radius 2 is 1.97 bits per heavy atom. The molecule has 1 saturated heterocycles. The Balaban J connectivity index is 1.59. The molecule has 10 heteroatoms. The number of nitrogens with one attached hydrogen (secondary N) is 1. The van der Waals surface area contributed by atoms with Crippen molar-refractivity contribution in [2.24, 2.45) is 0 Å². The number of carbonyl (C=O) groups excluding carboxylic acids is 1. The highest BCUT2D eigenvalue weighted by molar-refractivity contribution is 7.89. The molecule has 31 heavy (non-hydrogen) atoms. The van der Waals surface area contributed by atoms with Crippen LogP contribution in [0.2, 0.25) is 0 Å². The van der Waals surface area contributed by atoms with Gasteiger partial charge in [-0.3, -0.25) is 4.79 Å². The standard InChI is InChI=1S/C21H23FN4O3S2/c1-14-5-3-6-15(2)26(14)31(28,29)19-9-12-30-20(19)21(27)24-16-7-8-18(17(22)13-16)25-11-4-10-23-25/h4,7-15H,3,5-6H2,1-2H3,(H,24,27)/t14-,15+. The molecule has 0 saturated carbocycles. The number of nitrogens with zero attached hydrogens (tertiary/aromatic N) is 3. The van der Waals surface area contributed by atoms with Crippen LogP contribution in [-0.2, 0) is 10.0 Å². The Bertz CT molecular complexity index is 1180. The van der Waals surface area contributed by atoms with E-state index in [1.807, 2.05) is 13.8 Å². The number of aromatic nitrogens is 2. The maximum Gasteiger partial charge on any atom is 0.267 e. The number of benzene rings is 1. The van der Waals surface area contributed by atoms with Gasteiger partial charge in [-0.05, 0) is 62.4 Å². The Morgan fingerprint density at radius 3 is 2.61 bits per heavy atom. The molecule has 2 atom stereocenters. The zero-order valence-corrected chi connectivity index (χ0v) is 18.8. The number of anilines is 1. The van der Waals surface area contributed by atoms with Crippen molar-refractivity contribution in [1.29, 1.82) is 0 Å². The van der Waals surface area contributed by atoms with E-state index in [0.29, 0.717) is 0 Å². The molecular formula is C21H23FN4O3S2. The van der Waals surface area contributed by atoms with Gasteiger partial charge in [0.15, 0.2) is 5.82 Å². The van der Waals surface area contributed by atoms with Crippen LogP contribution in [0.4, 0.5) is 10.1 Å². The summed E-state index contributed by atoms with van der Waals surface area (Å²) in [5.41, 5.74) is 0.477. The van der Waals surface area contributed by atoms with Gasteiger partial charge in [-0.2, -0.15) is 9.40 Å². The minimum atomic E-state index is -3.83. The number of rotatable bonds is 5. The quantitative estimate of drug-likeness (QED) is 0.614. The van der Waals surface area contributed by atoms with Gasteiger partial charge >= 0.3 is 0 Å². The maximum atomic E-state index is 14.5. The largest absolute Gasteiger partial charge is 0.321 e. The van der Waals surface area contributed by atoms with Gasteiger partial charge in [0, 0.05) is 30.2 Å². The van der Waals surface area contributed by atoms with Gasteiger partial charge in [-0.1, -0.05) is 6.42 Å². The molecule has 0 spiro atoms. The number of sulfonamides is 1. The highest BCUT2D eigenvalue weighted by Gasteiger charge is 2.38. The third kappa shape index (κ3) is 4.15. The molecule has 4 rings (SSSR count). The molecule has 1 amide bonds. The summed E-state index contributed by atoms with van der Waals surface area (Å²) < 4.78 is 44.1. The van der Waals surface area contributed by atoms with Crippen LogP contribution in [0.1, 0.15) is 42.8 Å². The van der Waals surface area contributed by atoms with Crippen LogP contribution >= 0.6 is 11.3 Å². The summed E-state index contributed by atoms with van der Waals surface area (Å²) in [5.74, 6) is -1.14. The van der Waals surface area contributed by atoms with Crippen molar-refractivity contribution in [2.75, 3.05) is 5.32 Å². The summed E-state index contributed by atoms with van der Waals surface area (Å²) in [6, 6.07) is 7.12. The van der Waals surface area contributed by atoms with Crippen LogP contribution in [0.3, 0.4) is 0 Å². The van der Waals surface area contributed by atoms with Crippen LogP contribution in [0.5, 0.6) is 0 Å². The minimum absolute atomic E-state index is 0.00997. The van der Waals surface area contributed by atoms with Gasteiger partial charge in [0.1, 0.15) is 15.5 Å². The number of hydrogen-bond donors (Lipinski definition) is 1. The summed E-state index contributed by atoms with van der Waals surface area (Å²) in [4.78, 5) is 13.0. The maximum absolute atomic E-state index is 14.5. The van der Waals surface area contributed by atoms with Crippen molar-refractivity contribution in [3.63, 3.8) is 0 Å². The van der Waals surface area contributed by atoms with Crippen LogP contribution in [0.25, 0.3) is 5.69 Å². The fourth-order valence-corrected chi connectivity index (χ4v) is 7.20. The first-order valence-electron chi connectivity index (χ1n) is 10.0. The Morgan fingerprint density at radius 1 is 1.23 bits per heavy atom. The lowest BCUT2D eigenvalue weighted by molar-refractivity contribution is 0.102. The van der Waals surface area contributed by atoms with Crippen molar-refractivity contribution in [3.05, 3.63) is 58.8 Å². The van der Waals surface area contributed by atoms with Crippen LogP contribution in [0.15, 0.2) is 53.0 Å². The average Bonchev–Trinajstić information content (AvgIpc) is 3.40. The average molecular weight is 463 g/mol. The van der Waals surface area contributed by atoms with E-state index >= 15 is 0 Å². The fourth-order valence-electron chi connectivity index (χ4n) is 4.02. The van der Waals surface area contributed by atoms with E-state index in [0.717, 1.165) is 30.6 Å². The van der Waals surface area contributed by atoms with E-state index in [2.05, 4.69) is 10.4 Å². The Labute approximate surface area is 184 Å². The van der Waals surface area contributed by atoms with Gasteiger partial charge in [0.2, 0.25) is 10.0 Å². The number of carbonyl (C=O) groups is 1. The van der Waals surface area contributed by atoms with Crippen molar-refractivity contribution >= 4 is 33.0 Å². The molecule has 3 aromatic rings. The number of piperidine rings is 1. The molecule has 1 aliphatic rings. The van der Waals surface area contributed by atoms with Crippen molar-refractivity contribution in [3.8, 4) is 5.69 Å². The van der Waals surface area contributed by atoms with E-state index in [4.69, 9.17) is 0 Å². The molecule has 0 aliphatic carbocycles. The fraction of sp³-hybridized carbons (Fsp3) is 0.333. The van der Waals surface area contributed by atoms with Gasteiger partial charge in [0.25, 0.3) is 5.91 Å². The normalized spacial score (nSPS) is 20.0. The van der Waals surface area contributed by atoms with Crippen LogP contribution < -0.4 is 5.32 Å². The predicted octanol–water partition coefficient (Wildman–Crippen LogP) is 4.28. The van der Waals surface area contributed by atoms with E-state index in [1.165, 1.54) is 33.4 Å². The number of halogens is 1. The molecule has 0 unspecified atom stereocenters. The van der Waals surface area contributed by atoms with Crippen molar-refractivity contribution < 1.29 is 17.6 Å². The van der Waals surface area contributed by atoms with Crippen molar-refractivity contribution in [2.45, 2.75) is 50.1 Å². The molecular weight excluding hydrogens is 439 g/mol. The Hall–Kier alpha value is -2.56. The van der Waals surface area contributed by atoms with Gasteiger partial charge in [-0.25, -0.2) is 17.5 Å². The minimum Gasteiger partial charge on any atom is -0.321 e. The van der Waals surface area contributed by atoms with Gasteiger partial charge < -0.3 is 5.32 Å². The lowest BCUT2D eigenvalue weighted by atomic mass is 10.0. The SMILES string of the molecule is C[C@@H]1CCC[C@H](C)N1S(=O)(=O)c1ccsc1C(=O)Nc1ccc(-n2cccn2)c(F)c1. The smallest absolute Gasteiger partial charge is 0.267 e. The summed E-state index contributed by atoms with van der Waals surface area (Å²) in [6.07, 6.45) is 5.71. The zero-order chi connectivity index (χ0) is 22.2. The summed E-state index contributed by atoms with van der Waals surface area (Å²) >= 11 is 1.05. The highest BCUT2D eigenvalue weighted by atomic mass is 32.2. The molecule has 7 nitrogen and oxygen atoms in total. The molecule has 0 radical (unpaired) electrons. The Kier molecular flexibility index (Phi) is 5.96. The molecule has 1 N–H and O–H groups in total. The zero-order valence-electron chi connectivity index (χ0n) is 17.2. The molecule has 1 fully saturated rings. The first-order valence-corrected chi connectivity index (χ1v) is 12.3. The summed E-state index contributed by atoms with van der Waals surface area (Å²) in [5, 5.41) is 8.19. The first-order chi connectivity index (χ1) is 14.8. The molecule has 3 heterocycles. The molecule has 0 bridgehead atoms. The van der Waals surface area contributed by atoms with E-state index < -0.39 is 21.7 Å². The molecule has 164 valence electrons. The van der Waals surface area contributed by atoms with Gasteiger partial charge in [-0.15, -0.1) is 11.3 Å². The molecule has 2 aromatic heterocycles. The number of amides is 1. The van der Waals surface area contributed by atoms with Crippen LogP contribution in [0, 0.1) is 5.82 Å². The second-order valence-electron chi connectivity index (χ2n) is 7.65. The third-order valence-corrected chi connectivity index (χ3v) is 8.67. The second kappa shape index (κ2) is 8.52. The lowest BCUT2D eigenvalue weighted by Gasteiger charge is -2.37. The summed E-state index contributed by atoms with van der Waals surface area (Å²) in [6.45, 7) is 3.78. The summed E-state index contributed by atoms with van der Waals surface area (Å²) in [7, 11) is -3.83. The second-order valence-corrected chi connectivity index (χ2v) is 10.4. The van der Waals surface area contributed by atoms with Crippen molar-refractivity contribution in [1.82, 2.24) is 14.1 Å². The monoisotopic (exact) mass is 462 g/mol. The molecule has 1 aromatic carbocycles. The highest BCUT2D eigenvalue weighted by Crippen LogP contribution is 2.33. The third-order valence-electron chi connectivity index (χ3n) is 5.46. The number of hydrogen-bond acceptors (Lipinski definition) is 5. The van der Waals surface area contributed by atoms with Crippen LogP contribution in [-0.4, -0.2) is 40.5 Å². The number of thiophene rings is 1. The molecule has 1 aliphatic heterocycles.